The van der Waals surface area contributed by atoms with E-state index in [4.69, 9.17) is 28.3 Å². The van der Waals surface area contributed by atoms with Gasteiger partial charge in [-0.2, -0.15) is 5.10 Å². The Kier molecular flexibility index (Phi) is 21.1. The summed E-state index contributed by atoms with van der Waals surface area (Å²) in [4.78, 5) is 69.2. The molecule has 0 spiro atoms. The van der Waals surface area contributed by atoms with Gasteiger partial charge in [-0.15, -0.1) is 11.3 Å². The number of benzene rings is 2. The predicted octanol–water partition coefficient (Wildman–Crippen LogP) is 8.18. The zero-order valence-corrected chi connectivity index (χ0v) is 46.5. The van der Waals surface area contributed by atoms with E-state index in [-0.39, 0.29) is 53.4 Å². The predicted molar refractivity (Wildman–Crippen MR) is 300 cm³/mol. The number of nitrogens with one attached hydrogen (secondary N) is 5. The van der Waals surface area contributed by atoms with Gasteiger partial charge >= 0.3 is 0 Å². The van der Waals surface area contributed by atoms with Gasteiger partial charge in [-0.1, -0.05) is 43.5 Å². The summed E-state index contributed by atoms with van der Waals surface area (Å²) in [6.45, 7) is 6.95. The molecule has 2 aliphatic carbocycles. The Morgan fingerprint density at radius 3 is 2.37 bits per heavy atom. The monoisotopic (exact) mass is 1140 g/mol. The minimum Gasteiger partial charge on any atom is -0.491 e. The highest BCUT2D eigenvalue weighted by atomic mass is 32.1. The van der Waals surface area contributed by atoms with Crippen LogP contribution in [0, 0.1) is 11.8 Å². The molecule has 1 aliphatic heterocycles. The van der Waals surface area contributed by atoms with Gasteiger partial charge in [-0.25, -0.2) is 28.4 Å². The third kappa shape index (κ3) is 16.3. The van der Waals surface area contributed by atoms with Gasteiger partial charge in [0, 0.05) is 48.9 Å². The van der Waals surface area contributed by atoms with E-state index in [1.165, 1.54) is 41.3 Å². The van der Waals surface area contributed by atoms with Crippen LogP contribution in [-0.2, 0) is 30.3 Å². The van der Waals surface area contributed by atoms with Gasteiger partial charge in [0.25, 0.3) is 12.3 Å². The van der Waals surface area contributed by atoms with E-state index in [2.05, 4.69) is 41.7 Å². The van der Waals surface area contributed by atoms with Crippen molar-refractivity contribution in [2.75, 3.05) is 83.6 Å². The van der Waals surface area contributed by atoms with E-state index in [0.717, 1.165) is 62.1 Å². The fraction of sp³-hybridized carbons (Fsp3) is 0.483. The summed E-state index contributed by atoms with van der Waals surface area (Å²) >= 11 is 1.38. The summed E-state index contributed by atoms with van der Waals surface area (Å²) in [5, 5.41) is 21.7. The molecule has 4 aromatic heterocycles. The molecule has 0 bridgehead atoms. The number of anilines is 2. The standard InChI is InChI=1S/C58H71F2N11O9S/c1-37(61-2)54(73)68-50(40-8-4-3-5-9-40)58(75)70-22-7-12-48(70)57-67-47(36-81-57)52(72)41-10-6-11-44(30-41)79-29-28-78-27-26-77-25-24-76-23-21-62-32-38-15-17-43(18-16-38)71-34-45(51(69-71)53(59)60)65-55(74)46-35-80-56(66-46)42-19-20-63-49(31-42)64-33-39-13-14-39/h6,10-11,15-20,30-31,34-37,39-40,48,50,53,61-62H,3-5,7-9,12-14,21-29,32-33H2,1-2H3,(H,63,64)(H,65,74)(H,68,73)/t37-,48-,50-/m0/s1. The Bertz CT molecular complexity index is 3020. The zero-order valence-electron chi connectivity index (χ0n) is 45.7. The topological polar surface area (TPSA) is 238 Å². The van der Waals surface area contributed by atoms with Crippen LogP contribution >= 0.6 is 11.3 Å². The molecule has 3 aliphatic rings. The summed E-state index contributed by atoms with van der Waals surface area (Å²) in [5.74, 6) is 0.929. The number of alkyl halides is 2. The number of thiazole rings is 1. The lowest BCUT2D eigenvalue weighted by Gasteiger charge is -2.35. The van der Waals surface area contributed by atoms with Gasteiger partial charge in [0.1, 0.15) is 41.2 Å². The number of nitrogens with zero attached hydrogens (tertiary/aromatic N) is 6. The summed E-state index contributed by atoms with van der Waals surface area (Å²) in [6, 6.07) is 16.4. The third-order valence-corrected chi connectivity index (χ3v) is 15.5. The summed E-state index contributed by atoms with van der Waals surface area (Å²) in [6.07, 6.45) is 10.2. The second kappa shape index (κ2) is 29.1. The maximum atomic E-state index is 14.2. The second-order valence-electron chi connectivity index (χ2n) is 20.5. The molecular weight excluding hydrogens is 1060 g/mol. The molecule has 2 aromatic carbocycles. The highest BCUT2D eigenvalue weighted by Crippen LogP contribution is 2.37. The number of halogens is 2. The Morgan fingerprint density at radius 2 is 1.62 bits per heavy atom. The maximum absolute atomic E-state index is 14.2. The van der Waals surface area contributed by atoms with Crippen molar-refractivity contribution in [1.29, 1.82) is 0 Å². The molecule has 6 aromatic rings. The molecule has 3 amide bonds. The lowest BCUT2D eigenvalue weighted by atomic mass is 9.83. The number of carbonyl (C=O) groups is 4. The van der Waals surface area contributed by atoms with Crippen LogP contribution in [0.2, 0.25) is 0 Å². The first-order valence-electron chi connectivity index (χ1n) is 27.9. The number of aromatic nitrogens is 5. The number of rotatable bonds is 31. The smallest absolute Gasteiger partial charge is 0.284 e. The second-order valence-corrected chi connectivity index (χ2v) is 21.4. The quantitative estimate of drug-likeness (QED) is 0.0204. The molecule has 1 saturated heterocycles. The van der Waals surface area contributed by atoms with Crippen LogP contribution in [0.1, 0.15) is 120 Å². The average molecular weight is 1140 g/mol. The SMILES string of the molecule is CN[C@@H](C)C(=O)N[C@H](C(=O)N1CCC[C@H]1c1nc(C(=O)c2cccc(OCCOCCOCCOCCNCc3ccc(-n4cc(NC(=O)c5coc(-c6ccnc(NCC7CC7)c6)n5)c(C(F)F)n4)cc3)c2)cs1)C1CCCCC1. The lowest BCUT2D eigenvalue weighted by Crippen LogP contribution is -2.55. The van der Waals surface area contributed by atoms with Crippen molar-refractivity contribution in [2.24, 2.45) is 11.8 Å². The first kappa shape index (κ1) is 58.6. The Labute approximate surface area is 473 Å². The van der Waals surface area contributed by atoms with Crippen molar-refractivity contribution in [3.8, 4) is 22.9 Å². The molecule has 0 unspecified atom stereocenters. The maximum Gasteiger partial charge on any atom is 0.284 e. The zero-order chi connectivity index (χ0) is 56.5. The minimum absolute atomic E-state index is 0.0699. The van der Waals surface area contributed by atoms with E-state index in [1.54, 1.807) is 74.1 Å². The van der Waals surface area contributed by atoms with Crippen molar-refractivity contribution in [1.82, 2.24) is 45.6 Å². The molecule has 23 heteroatoms. The number of amides is 3. The van der Waals surface area contributed by atoms with Gasteiger partial charge < -0.3 is 54.8 Å². The molecule has 20 nitrogen and oxygen atoms in total. The molecule has 3 fully saturated rings. The molecule has 432 valence electrons. The van der Waals surface area contributed by atoms with E-state index in [1.807, 2.05) is 17.0 Å². The van der Waals surface area contributed by atoms with E-state index >= 15 is 0 Å². The van der Waals surface area contributed by atoms with E-state index in [9.17, 15) is 28.0 Å². The van der Waals surface area contributed by atoms with E-state index in [0.29, 0.717) is 99.3 Å². The van der Waals surface area contributed by atoms with Crippen LogP contribution in [0.5, 0.6) is 5.75 Å². The van der Waals surface area contributed by atoms with Gasteiger partial charge in [-0.3, -0.25) is 19.2 Å². The van der Waals surface area contributed by atoms with Crippen LogP contribution in [0.15, 0.2) is 89.1 Å². The van der Waals surface area contributed by atoms with Crippen LogP contribution in [-0.4, -0.2) is 138 Å². The lowest BCUT2D eigenvalue weighted by molar-refractivity contribution is -0.139. The largest absolute Gasteiger partial charge is 0.491 e. The van der Waals surface area contributed by atoms with Crippen LogP contribution in [0.25, 0.3) is 17.1 Å². The third-order valence-electron chi connectivity index (χ3n) is 14.6. The molecule has 5 heterocycles. The number of likely N-dealkylation sites (N-methyl/N-ethyl adjacent to an activating group) is 1. The van der Waals surface area contributed by atoms with E-state index < -0.39 is 30.1 Å². The number of hydrogen-bond donors (Lipinski definition) is 5. The Hall–Kier alpha value is -7.02. The van der Waals surface area contributed by atoms with Crippen LogP contribution in [0.4, 0.5) is 20.3 Å². The first-order valence-corrected chi connectivity index (χ1v) is 28.8. The summed E-state index contributed by atoms with van der Waals surface area (Å²) in [7, 11) is 1.73. The number of hydrogen-bond acceptors (Lipinski definition) is 17. The minimum atomic E-state index is -2.94. The molecule has 2 saturated carbocycles. The fourth-order valence-corrected chi connectivity index (χ4v) is 10.7. The highest BCUT2D eigenvalue weighted by Gasteiger charge is 2.40. The number of ether oxygens (including phenoxy) is 4. The molecule has 81 heavy (non-hydrogen) atoms. The molecular formula is C58H71F2N11O9S. The van der Waals surface area contributed by atoms with Crippen molar-refractivity contribution in [3.63, 3.8) is 0 Å². The Balaban J connectivity index is 0.624. The van der Waals surface area contributed by atoms with Crippen LogP contribution in [0.3, 0.4) is 0 Å². The molecule has 0 radical (unpaired) electrons. The number of likely N-dealkylation sites (tertiary alicyclic amines) is 1. The summed E-state index contributed by atoms with van der Waals surface area (Å²) in [5.41, 5.74) is 2.06. The number of pyridine rings is 1. The summed E-state index contributed by atoms with van der Waals surface area (Å²) < 4.78 is 58.0. The van der Waals surface area contributed by atoms with Gasteiger partial charge in [-0.05, 0) is 106 Å². The fourth-order valence-electron chi connectivity index (χ4n) is 9.75. The van der Waals surface area contributed by atoms with Crippen molar-refractivity contribution >= 4 is 46.3 Å². The first-order chi connectivity index (χ1) is 39.5. The number of ketones is 1. The van der Waals surface area contributed by atoms with Gasteiger partial charge in [0.05, 0.1) is 69.3 Å². The van der Waals surface area contributed by atoms with Gasteiger partial charge in [0.15, 0.2) is 11.4 Å². The average Bonchev–Trinajstić information content (AvgIpc) is 3.98. The van der Waals surface area contributed by atoms with Crippen molar-refractivity contribution < 1.29 is 51.3 Å². The molecule has 3 atom stereocenters. The highest BCUT2D eigenvalue weighted by molar-refractivity contribution is 7.10. The van der Waals surface area contributed by atoms with Crippen molar-refractivity contribution in [2.45, 2.75) is 95.8 Å². The molecule has 5 N–H and O–H groups in total. The van der Waals surface area contributed by atoms with Crippen LogP contribution < -0.4 is 31.3 Å². The van der Waals surface area contributed by atoms with Gasteiger partial charge in [0.2, 0.25) is 23.5 Å². The number of carbonyl (C=O) groups excluding carboxylic acids is 4. The number of oxazole rings is 1. The normalized spacial score (nSPS) is 16.4. The van der Waals surface area contributed by atoms with Crippen molar-refractivity contribution in [3.05, 3.63) is 118 Å². The molecule has 9 rings (SSSR count). The Morgan fingerprint density at radius 1 is 0.852 bits per heavy atom.